The van der Waals surface area contributed by atoms with Gasteiger partial charge in [-0.15, -0.1) is 0 Å². The zero-order chi connectivity index (χ0) is 46.1. The minimum Gasteiger partial charge on any atom is -0.491 e. The summed E-state index contributed by atoms with van der Waals surface area (Å²) in [5.41, 5.74) is 10.4. The number of allylic oxidation sites excluding steroid dienone is 2. The monoisotopic (exact) mass is 901 g/mol. The van der Waals surface area contributed by atoms with Crippen molar-refractivity contribution in [2.45, 2.75) is 91.8 Å². The Morgan fingerprint density at radius 3 is 1.74 bits per heavy atom. The second kappa shape index (κ2) is 18.8. The fourth-order valence-electron chi connectivity index (χ4n) is 9.04. The maximum atomic E-state index is 13.9. The van der Waals surface area contributed by atoms with E-state index in [0.29, 0.717) is 100 Å². The molecule has 6 aromatic rings. The number of anilines is 2. The highest BCUT2D eigenvalue weighted by molar-refractivity contribution is 6.05. The van der Waals surface area contributed by atoms with Gasteiger partial charge in [0, 0.05) is 69.9 Å². The number of nitrogens with one attached hydrogen (secondary N) is 3. The van der Waals surface area contributed by atoms with Crippen LogP contribution in [0.25, 0.3) is 22.1 Å². The number of primary amides is 1. The summed E-state index contributed by atoms with van der Waals surface area (Å²) in [6.07, 6.45) is 7.78. The Kier molecular flexibility index (Phi) is 12.6. The molecule has 2 atom stereocenters. The highest BCUT2D eigenvalue weighted by Crippen LogP contribution is 2.34. The Bertz CT molecular complexity index is 2860. The van der Waals surface area contributed by atoms with Crippen molar-refractivity contribution < 1.29 is 33.4 Å². The van der Waals surface area contributed by atoms with Crippen LogP contribution in [0.2, 0.25) is 0 Å². The fraction of sp³-hybridized carbons (Fsp3) is 0.435. The largest absolute Gasteiger partial charge is 0.491 e. The van der Waals surface area contributed by atoms with Crippen molar-refractivity contribution >= 4 is 57.6 Å². The number of ether oxygens (including phenoxy) is 3. The van der Waals surface area contributed by atoms with E-state index in [1.807, 2.05) is 44.4 Å². The molecular formula is C46H55N13O7. The number of nitrogens with two attached hydrogens (primary N) is 1. The van der Waals surface area contributed by atoms with Crippen LogP contribution in [0.5, 0.6) is 11.5 Å². The number of carbonyl (C=O) groups excluding carboxylic acids is 4. The number of likely N-dealkylation sites (tertiary alicyclic amines) is 1. The third kappa shape index (κ3) is 9.10. The van der Waals surface area contributed by atoms with Crippen molar-refractivity contribution in [3.63, 3.8) is 0 Å². The Morgan fingerprint density at radius 2 is 1.23 bits per heavy atom. The predicted octanol–water partition coefficient (Wildman–Crippen LogP) is 4.44. The van der Waals surface area contributed by atoms with E-state index in [0.717, 1.165) is 38.9 Å². The Hall–Kier alpha value is -7.06. The average Bonchev–Trinajstić information content (AvgIpc) is 4.12. The summed E-state index contributed by atoms with van der Waals surface area (Å²) in [4.78, 5) is 66.1. The molecule has 66 heavy (non-hydrogen) atoms. The number of hydrogen-bond donors (Lipinski definition) is 4. The lowest BCUT2D eigenvalue weighted by Gasteiger charge is -2.32. The molecule has 0 radical (unpaired) electrons. The lowest BCUT2D eigenvalue weighted by Crippen LogP contribution is -2.43. The summed E-state index contributed by atoms with van der Waals surface area (Å²) in [7, 11) is 0. The zero-order valence-electron chi connectivity index (χ0n) is 37.6. The number of fused-ring (bicyclic) bond motifs is 2. The van der Waals surface area contributed by atoms with E-state index in [-0.39, 0.29) is 49.7 Å². The van der Waals surface area contributed by atoms with Crippen LogP contribution in [0.3, 0.4) is 0 Å². The zero-order valence-corrected chi connectivity index (χ0v) is 37.6. The van der Waals surface area contributed by atoms with E-state index in [1.54, 1.807) is 50.3 Å². The summed E-state index contributed by atoms with van der Waals surface area (Å²) in [6, 6.07) is 9.98. The van der Waals surface area contributed by atoms with Crippen molar-refractivity contribution in [1.29, 1.82) is 0 Å². The molecule has 2 aromatic carbocycles. The Balaban J connectivity index is 1.05. The lowest BCUT2D eigenvalue weighted by molar-refractivity contribution is -0.0383. The summed E-state index contributed by atoms with van der Waals surface area (Å²) in [5.74, 6) is -0.560. The van der Waals surface area contributed by atoms with Crippen molar-refractivity contribution in [2.24, 2.45) is 5.73 Å². The summed E-state index contributed by atoms with van der Waals surface area (Å²) in [6.45, 7) is 12.4. The minimum atomic E-state index is -0.664. The maximum absolute atomic E-state index is 13.9. The normalized spacial score (nSPS) is 18.0. The van der Waals surface area contributed by atoms with Crippen LogP contribution in [0.4, 0.5) is 11.9 Å². The van der Waals surface area contributed by atoms with Crippen LogP contribution in [0.15, 0.2) is 48.6 Å². The molecule has 3 aliphatic rings. The number of nitrogens with zero attached hydrogens (tertiary/aromatic N) is 9. The molecule has 0 aliphatic carbocycles. The number of benzene rings is 2. The summed E-state index contributed by atoms with van der Waals surface area (Å²) < 4.78 is 25.7. The van der Waals surface area contributed by atoms with Gasteiger partial charge < -0.3 is 34.4 Å². The van der Waals surface area contributed by atoms with Gasteiger partial charge in [-0.2, -0.15) is 10.2 Å². The molecule has 0 spiro atoms. The molecule has 7 heterocycles. The van der Waals surface area contributed by atoms with E-state index in [4.69, 9.17) is 29.9 Å². The summed E-state index contributed by atoms with van der Waals surface area (Å²) in [5, 5.41) is 17.9. The second-order valence-corrected chi connectivity index (χ2v) is 16.9. The lowest BCUT2D eigenvalue weighted by atomic mass is 10.1. The molecule has 0 saturated carbocycles. The topological polar surface area (TPSA) is 233 Å². The van der Waals surface area contributed by atoms with Crippen LogP contribution in [0.1, 0.15) is 92.6 Å². The predicted molar refractivity (Wildman–Crippen MR) is 245 cm³/mol. The van der Waals surface area contributed by atoms with Gasteiger partial charge in [-0.25, -0.2) is 9.97 Å². The molecule has 20 heteroatoms. The van der Waals surface area contributed by atoms with E-state index in [2.05, 4.69) is 31.0 Å². The SMILES string of the molecule is CCn1nc(C)cc1C(=O)Nc1nc2cc(C(N)=O)cc3c2n1C/C=C/Cn1c(NC(=O)c2cc(C)nn2CC)nc2cc(C(=O)NCCCN4CC5CCC(C4)O5)cc(c21)OCCCO3. The standard InChI is InChI=1S/C46H55N13O7/c1-5-58-35(19-27(3)53-58)43(62)51-45-49-33-21-29(41(47)60)23-37-39(33)56(45)15-7-8-16-57-40-34(50-46(57)52-44(63)36-20-28(4)54-59(36)6-2)22-30(24-38(40)65-18-10-17-64-37)42(61)48-13-9-14-55-25-31-11-12-32(26-55)66-31/h7-8,19-24,31-32H,5-6,9-18,25-26H2,1-4H3,(H2,47,60)(H,48,61)(H,49,51,62)(H,50,52,63)/b8-7+. The molecule has 5 N–H and O–H groups in total. The number of aromatic nitrogens is 8. The van der Waals surface area contributed by atoms with Gasteiger partial charge in [-0.3, -0.25) is 44.1 Å². The van der Waals surface area contributed by atoms with Crippen LogP contribution >= 0.6 is 0 Å². The summed E-state index contributed by atoms with van der Waals surface area (Å²) >= 11 is 0. The van der Waals surface area contributed by atoms with E-state index in [1.165, 1.54) is 0 Å². The molecule has 2 fully saturated rings. The molecule has 20 nitrogen and oxygen atoms in total. The Morgan fingerprint density at radius 1 is 0.712 bits per heavy atom. The van der Waals surface area contributed by atoms with E-state index >= 15 is 0 Å². The quantitative estimate of drug-likeness (QED) is 0.0987. The average molecular weight is 902 g/mol. The van der Waals surface area contributed by atoms with E-state index < -0.39 is 17.7 Å². The first-order valence-corrected chi connectivity index (χ1v) is 22.6. The first kappa shape index (κ1) is 44.2. The molecule has 2 unspecified atom stereocenters. The van der Waals surface area contributed by atoms with Crippen molar-refractivity contribution in [3.05, 3.63) is 82.5 Å². The highest BCUT2D eigenvalue weighted by atomic mass is 16.5. The van der Waals surface area contributed by atoms with Crippen LogP contribution in [0, 0.1) is 13.8 Å². The third-order valence-corrected chi connectivity index (χ3v) is 12.1. The fourth-order valence-corrected chi connectivity index (χ4v) is 9.04. The number of hydrogen-bond acceptors (Lipinski definition) is 12. The van der Waals surface area contributed by atoms with E-state index in [9.17, 15) is 19.2 Å². The molecule has 9 rings (SSSR count). The van der Waals surface area contributed by atoms with Crippen LogP contribution < -0.4 is 31.2 Å². The van der Waals surface area contributed by atoms with Crippen molar-refractivity contribution in [2.75, 3.05) is 50.0 Å². The molecular weight excluding hydrogens is 847 g/mol. The van der Waals surface area contributed by atoms with Crippen molar-refractivity contribution in [1.82, 2.24) is 48.9 Å². The van der Waals surface area contributed by atoms with Crippen LogP contribution in [-0.2, 0) is 30.9 Å². The number of aryl methyl sites for hydroxylation is 4. The highest BCUT2D eigenvalue weighted by Gasteiger charge is 2.33. The third-order valence-electron chi connectivity index (χ3n) is 12.1. The number of morpholine rings is 1. The van der Waals surface area contributed by atoms with Crippen LogP contribution in [-0.4, -0.2) is 119 Å². The molecule has 346 valence electrons. The van der Waals surface area contributed by atoms with Gasteiger partial charge in [0.15, 0.2) is 0 Å². The molecule has 2 saturated heterocycles. The first-order chi connectivity index (χ1) is 32.0. The minimum absolute atomic E-state index is 0.161. The van der Waals surface area contributed by atoms with Gasteiger partial charge in [0.25, 0.3) is 17.7 Å². The smallest absolute Gasteiger partial charge is 0.276 e. The number of amides is 4. The van der Waals surface area contributed by atoms with Gasteiger partial charge in [0.05, 0.1) is 47.8 Å². The molecule has 4 amide bonds. The second-order valence-electron chi connectivity index (χ2n) is 16.9. The Labute approximate surface area is 380 Å². The first-order valence-electron chi connectivity index (χ1n) is 22.6. The van der Waals surface area contributed by atoms with Gasteiger partial charge in [0.2, 0.25) is 17.8 Å². The number of carbonyl (C=O) groups is 4. The van der Waals surface area contributed by atoms with Gasteiger partial charge in [0.1, 0.15) is 33.9 Å². The van der Waals surface area contributed by atoms with Gasteiger partial charge in [-0.05, 0) is 83.4 Å². The van der Waals surface area contributed by atoms with Crippen molar-refractivity contribution in [3.8, 4) is 11.5 Å². The maximum Gasteiger partial charge on any atom is 0.276 e. The molecule has 3 aliphatic heterocycles. The number of rotatable bonds is 12. The molecule has 2 bridgehead atoms. The number of imidazole rings is 2. The van der Waals surface area contributed by atoms with Gasteiger partial charge in [-0.1, -0.05) is 12.2 Å². The van der Waals surface area contributed by atoms with Gasteiger partial charge >= 0.3 is 0 Å². The molecule has 4 aromatic heterocycles.